The third-order valence-corrected chi connectivity index (χ3v) is 2.53. The van der Waals surface area contributed by atoms with Crippen molar-refractivity contribution in [2.24, 2.45) is 0 Å². The molecule has 0 aliphatic rings. The quantitative estimate of drug-likeness (QED) is 0.910. The molecule has 0 saturated heterocycles. The van der Waals surface area contributed by atoms with E-state index in [0.717, 1.165) is 5.56 Å². The molecular weight excluding hydrogens is 244 g/mol. The van der Waals surface area contributed by atoms with Gasteiger partial charge in [-0.15, -0.1) is 0 Å². The van der Waals surface area contributed by atoms with Gasteiger partial charge in [0.25, 0.3) is 0 Å². The summed E-state index contributed by atoms with van der Waals surface area (Å²) >= 11 is 0. The van der Waals surface area contributed by atoms with Gasteiger partial charge in [0.15, 0.2) is 0 Å². The summed E-state index contributed by atoms with van der Waals surface area (Å²) in [7, 11) is 0. The highest BCUT2D eigenvalue weighted by Gasteiger charge is 2.13. The van der Waals surface area contributed by atoms with Crippen LogP contribution in [0.15, 0.2) is 36.5 Å². The number of hydrogen-bond acceptors (Lipinski definition) is 4. The summed E-state index contributed by atoms with van der Waals surface area (Å²) in [5.74, 6) is -0.689. The number of aromatic nitrogens is 1. The van der Waals surface area contributed by atoms with E-state index >= 15 is 0 Å². The molecule has 1 heterocycles. The van der Waals surface area contributed by atoms with Crippen molar-refractivity contribution in [1.82, 2.24) is 4.98 Å². The number of benzene rings is 1. The lowest BCUT2D eigenvalue weighted by Crippen LogP contribution is -2.02. The molecule has 0 saturated carbocycles. The monoisotopic (exact) mass is 254 g/mol. The molecule has 0 radical (unpaired) electrons. The van der Waals surface area contributed by atoms with Crippen molar-refractivity contribution in [1.29, 1.82) is 5.26 Å². The molecule has 5 heteroatoms. The van der Waals surface area contributed by atoms with E-state index in [1.54, 1.807) is 25.1 Å². The van der Waals surface area contributed by atoms with Crippen LogP contribution in [0.2, 0.25) is 0 Å². The summed E-state index contributed by atoms with van der Waals surface area (Å²) in [6, 6.07) is 9.88. The van der Waals surface area contributed by atoms with Crippen LogP contribution in [0.4, 0.5) is 0 Å². The Hall–Kier alpha value is -2.87. The minimum absolute atomic E-state index is 0.00758. The first-order valence-electron chi connectivity index (χ1n) is 5.48. The fourth-order valence-electron chi connectivity index (χ4n) is 1.52. The number of aromatic carboxylic acids is 1. The zero-order valence-electron chi connectivity index (χ0n) is 10.1. The predicted molar refractivity (Wildman–Crippen MR) is 67.2 cm³/mol. The van der Waals surface area contributed by atoms with E-state index in [2.05, 4.69) is 4.98 Å². The lowest BCUT2D eigenvalue weighted by Gasteiger charge is -2.09. The third kappa shape index (κ3) is 2.69. The van der Waals surface area contributed by atoms with Gasteiger partial charge in [-0.05, 0) is 36.8 Å². The second kappa shape index (κ2) is 5.19. The average Bonchev–Trinajstić information content (AvgIpc) is 2.41. The first-order chi connectivity index (χ1) is 9.11. The first-order valence-corrected chi connectivity index (χ1v) is 5.48. The number of carbonyl (C=O) groups is 1. The van der Waals surface area contributed by atoms with Crippen LogP contribution in [0.25, 0.3) is 0 Å². The molecule has 0 amide bonds. The summed E-state index contributed by atoms with van der Waals surface area (Å²) in [4.78, 5) is 15.0. The standard InChI is InChI=1S/C14H10N2O3/c1-9-4-5-10(8-15)7-12(9)19-13-11(14(17)18)3-2-6-16-13/h2-7H,1H3,(H,17,18). The second-order valence-electron chi connectivity index (χ2n) is 3.86. The number of aryl methyl sites for hydroxylation is 1. The Balaban J connectivity index is 2.42. The molecule has 0 aliphatic heterocycles. The van der Waals surface area contributed by atoms with Gasteiger partial charge in [0.05, 0.1) is 11.6 Å². The molecule has 0 spiro atoms. The van der Waals surface area contributed by atoms with E-state index < -0.39 is 5.97 Å². The Morgan fingerprint density at radius 2 is 2.21 bits per heavy atom. The van der Waals surface area contributed by atoms with Gasteiger partial charge in [-0.3, -0.25) is 0 Å². The third-order valence-electron chi connectivity index (χ3n) is 2.53. The van der Waals surface area contributed by atoms with Crippen LogP contribution in [-0.2, 0) is 0 Å². The molecule has 94 valence electrons. The maximum absolute atomic E-state index is 11.0. The van der Waals surface area contributed by atoms with Gasteiger partial charge in [-0.25, -0.2) is 9.78 Å². The van der Waals surface area contributed by atoms with Gasteiger partial charge in [-0.2, -0.15) is 5.26 Å². The van der Waals surface area contributed by atoms with E-state index in [1.165, 1.54) is 18.3 Å². The zero-order valence-corrected chi connectivity index (χ0v) is 10.1. The number of pyridine rings is 1. The van der Waals surface area contributed by atoms with Crippen LogP contribution in [0, 0.1) is 18.3 Å². The van der Waals surface area contributed by atoms with Crippen molar-refractivity contribution < 1.29 is 14.6 Å². The fourth-order valence-corrected chi connectivity index (χ4v) is 1.52. The SMILES string of the molecule is Cc1ccc(C#N)cc1Oc1ncccc1C(=O)O. The van der Waals surface area contributed by atoms with Crippen LogP contribution in [0.1, 0.15) is 21.5 Å². The number of carboxylic acid groups (broad SMARTS) is 1. The fraction of sp³-hybridized carbons (Fsp3) is 0.0714. The van der Waals surface area contributed by atoms with Gasteiger partial charge in [0.2, 0.25) is 5.88 Å². The maximum atomic E-state index is 11.0. The normalized spacial score (nSPS) is 9.68. The van der Waals surface area contributed by atoms with Gasteiger partial charge in [-0.1, -0.05) is 6.07 Å². The molecule has 0 bridgehead atoms. The Morgan fingerprint density at radius 1 is 1.42 bits per heavy atom. The molecule has 1 N–H and O–H groups in total. The first kappa shape index (κ1) is 12.6. The number of hydrogen-bond donors (Lipinski definition) is 1. The van der Waals surface area contributed by atoms with Crippen molar-refractivity contribution in [3.05, 3.63) is 53.2 Å². The van der Waals surface area contributed by atoms with Crippen molar-refractivity contribution in [3.8, 4) is 17.7 Å². The smallest absolute Gasteiger partial charge is 0.341 e. The molecule has 0 aliphatic carbocycles. The van der Waals surface area contributed by atoms with Gasteiger partial charge >= 0.3 is 5.97 Å². The average molecular weight is 254 g/mol. The largest absolute Gasteiger partial charge is 0.477 e. The minimum Gasteiger partial charge on any atom is -0.477 e. The highest BCUT2D eigenvalue weighted by Crippen LogP contribution is 2.26. The zero-order chi connectivity index (χ0) is 13.8. The second-order valence-corrected chi connectivity index (χ2v) is 3.86. The highest BCUT2D eigenvalue weighted by molar-refractivity contribution is 5.90. The number of nitrogens with zero attached hydrogens (tertiary/aromatic N) is 2. The molecule has 0 atom stereocenters. The van der Waals surface area contributed by atoms with Crippen molar-refractivity contribution in [2.45, 2.75) is 6.92 Å². The summed E-state index contributed by atoms with van der Waals surface area (Å²) in [5.41, 5.74) is 1.21. The molecule has 0 unspecified atom stereocenters. The molecule has 0 fully saturated rings. The molecule has 2 rings (SSSR count). The van der Waals surface area contributed by atoms with Crippen LogP contribution >= 0.6 is 0 Å². The Labute approximate surface area is 109 Å². The number of carboxylic acids is 1. The molecule has 1 aromatic heterocycles. The van der Waals surface area contributed by atoms with Crippen molar-refractivity contribution in [3.63, 3.8) is 0 Å². The van der Waals surface area contributed by atoms with Crippen molar-refractivity contribution >= 4 is 5.97 Å². The van der Waals surface area contributed by atoms with Gasteiger partial charge in [0, 0.05) is 6.20 Å². The summed E-state index contributed by atoms with van der Waals surface area (Å²) < 4.78 is 5.50. The lowest BCUT2D eigenvalue weighted by atomic mass is 10.1. The summed E-state index contributed by atoms with van der Waals surface area (Å²) in [5, 5.41) is 17.9. The number of rotatable bonds is 3. The summed E-state index contributed by atoms with van der Waals surface area (Å²) in [6.07, 6.45) is 1.45. The Kier molecular flexibility index (Phi) is 3.44. The lowest BCUT2D eigenvalue weighted by molar-refractivity contribution is 0.0693. The summed E-state index contributed by atoms with van der Waals surface area (Å²) in [6.45, 7) is 1.81. The van der Waals surface area contributed by atoms with Gasteiger partial charge < -0.3 is 9.84 Å². The maximum Gasteiger partial charge on any atom is 0.341 e. The molecule has 1 aromatic carbocycles. The minimum atomic E-state index is -1.11. The van der Waals surface area contributed by atoms with Crippen LogP contribution in [0.3, 0.4) is 0 Å². The Morgan fingerprint density at radius 3 is 2.89 bits per heavy atom. The van der Waals surface area contributed by atoms with E-state index in [4.69, 9.17) is 15.1 Å². The van der Waals surface area contributed by atoms with Crippen LogP contribution in [-0.4, -0.2) is 16.1 Å². The van der Waals surface area contributed by atoms with Crippen molar-refractivity contribution in [2.75, 3.05) is 0 Å². The Bertz CT molecular complexity index is 675. The molecular formula is C14H10N2O3. The predicted octanol–water partition coefficient (Wildman–Crippen LogP) is 2.75. The van der Waals surface area contributed by atoms with Crippen LogP contribution < -0.4 is 4.74 Å². The highest BCUT2D eigenvalue weighted by atomic mass is 16.5. The van der Waals surface area contributed by atoms with E-state index in [1.807, 2.05) is 6.07 Å². The van der Waals surface area contributed by atoms with Gasteiger partial charge in [0.1, 0.15) is 11.3 Å². The van der Waals surface area contributed by atoms with E-state index in [0.29, 0.717) is 11.3 Å². The molecule has 19 heavy (non-hydrogen) atoms. The van der Waals surface area contributed by atoms with E-state index in [-0.39, 0.29) is 11.4 Å². The number of ether oxygens (including phenoxy) is 1. The molecule has 2 aromatic rings. The van der Waals surface area contributed by atoms with Crippen LogP contribution in [0.5, 0.6) is 11.6 Å². The molecule has 5 nitrogen and oxygen atoms in total. The number of nitriles is 1. The topological polar surface area (TPSA) is 83.2 Å². The van der Waals surface area contributed by atoms with E-state index in [9.17, 15) is 4.79 Å².